The van der Waals surface area contributed by atoms with Gasteiger partial charge in [-0.3, -0.25) is 0 Å². The Morgan fingerprint density at radius 2 is 1.85 bits per heavy atom. The van der Waals surface area contributed by atoms with Crippen molar-refractivity contribution in [3.05, 3.63) is 10.1 Å². The van der Waals surface area contributed by atoms with E-state index >= 15 is 0 Å². The molecule has 1 aliphatic carbocycles. The Balaban J connectivity index is 0.000000796. The summed E-state index contributed by atoms with van der Waals surface area (Å²) in [4.78, 5) is 36.4. The zero-order valence-electron chi connectivity index (χ0n) is 11.8. The molecule has 1 N–H and O–H groups in total. The third kappa shape index (κ3) is 7.41. The second-order valence-electron chi connectivity index (χ2n) is 6.08. The van der Waals surface area contributed by atoms with Gasteiger partial charge in [-0.1, -0.05) is 20.8 Å². The number of rotatable bonds is 3. The molecule has 0 spiro atoms. The van der Waals surface area contributed by atoms with Crippen LogP contribution in [0, 0.1) is 20.9 Å². The molecule has 8 heteroatoms. The van der Waals surface area contributed by atoms with Crippen molar-refractivity contribution in [2.75, 3.05) is 6.54 Å². The van der Waals surface area contributed by atoms with Gasteiger partial charge in [-0.05, 0) is 30.1 Å². The van der Waals surface area contributed by atoms with Crippen molar-refractivity contribution in [1.29, 1.82) is 0 Å². The third-order valence-corrected chi connectivity index (χ3v) is 3.18. The Kier molecular flexibility index (Phi) is 6.76. The van der Waals surface area contributed by atoms with Crippen LogP contribution in [-0.4, -0.2) is 35.0 Å². The lowest BCUT2D eigenvalue weighted by molar-refractivity contribution is -0.742. The molecular weight excluding hydrogens is 266 g/mol. The molecule has 20 heavy (non-hydrogen) atoms. The minimum Gasteiger partial charge on any atom is -0.328 e. The van der Waals surface area contributed by atoms with Crippen molar-refractivity contribution in [2.45, 2.75) is 46.1 Å². The van der Waals surface area contributed by atoms with Crippen LogP contribution in [0.5, 0.6) is 0 Å². The molecule has 0 bridgehead atoms. The Bertz CT molecular complexity index is 434. The predicted molar refractivity (Wildman–Crippen MR) is 69.4 cm³/mol. The first-order chi connectivity index (χ1) is 9.14. The third-order valence-electron chi connectivity index (χ3n) is 3.18. The van der Waals surface area contributed by atoms with Gasteiger partial charge in [-0.2, -0.15) is 0 Å². The molecule has 0 saturated heterocycles. The normalized spacial score (nSPS) is 27.1. The fourth-order valence-corrected chi connectivity index (χ4v) is 3.09. The number of isocyanates is 2. The second-order valence-corrected chi connectivity index (χ2v) is 6.08. The second kappa shape index (κ2) is 7.53. The van der Waals surface area contributed by atoms with Crippen LogP contribution < -0.4 is 0 Å². The van der Waals surface area contributed by atoms with Crippen LogP contribution in [0.4, 0.5) is 0 Å². The number of hydrogen-bond donors (Lipinski definition) is 1. The molecule has 1 rings (SSSR count). The topological polar surface area (TPSA) is 122 Å². The summed E-state index contributed by atoms with van der Waals surface area (Å²) in [5.74, 6) is 0. The van der Waals surface area contributed by atoms with E-state index < -0.39 is 5.09 Å². The van der Waals surface area contributed by atoms with Crippen LogP contribution in [0.1, 0.15) is 40.0 Å². The molecule has 0 radical (unpaired) electrons. The van der Waals surface area contributed by atoms with E-state index in [2.05, 4.69) is 30.8 Å². The first-order valence-electron chi connectivity index (χ1n) is 6.08. The van der Waals surface area contributed by atoms with Crippen molar-refractivity contribution in [3.8, 4) is 0 Å². The highest BCUT2D eigenvalue weighted by molar-refractivity contribution is 5.34. The van der Waals surface area contributed by atoms with Crippen LogP contribution in [-0.2, 0) is 9.59 Å². The maximum Gasteiger partial charge on any atom is 0.291 e. The SMILES string of the molecule is CC1(C)CC(N=C=O)CC(C)(CN=C=O)C1.O=[N+]([O-])O. The first kappa shape index (κ1) is 18.0. The maximum absolute atomic E-state index is 10.3. The van der Waals surface area contributed by atoms with Gasteiger partial charge in [0.05, 0.1) is 12.6 Å². The molecule has 0 aliphatic heterocycles. The zero-order valence-corrected chi connectivity index (χ0v) is 11.8. The molecule has 1 saturated carbocycles. The van der Waals surface area contributed by atoms with Gasteiger partial charge in [0.2, 0.25) is 12.2 Å². The standard InChI is InChI=1S/C12H18N2O2.HNO3/c1-11(2)4-10(14-9-16)5-12(3,6-11)7-13-8-15;2-1(3)4/h10H,4-7H2,1-3H3;(H,2,3,4). The summed E-state index contributed by atoms with van der Waals surface area (Å²) >= 11 is 0. The summed E-state index contributed by atoms with van der Waals surface area (Å²) in [6.07, 6.45) is 5.88. The molecule has 1 aliphatic rings. The number of carbonyl (C=O) groups excluding carboxylic acids is 2. The lowest BCUT2D eigenvalue weighted by Gasteiger charge is -2.44. The fourth-order valence-electron chi connectivity index (χ4n) is 3.09. The van der Waals surface area contributed by atoms with E-state index in [-0.39, 0.29) is 16.9 Å². The van der Waals surface area contributed by atoms with E-state index in [9.17, 15) is 9.59 Å². The molecule has 0 aromatic rings. The van der Waals surface area contributed by atoms with Crippen molar-refractivity contribution < 1.29 is 19.9 Å². The van der Waals surface area contributed by atoms with Crippen molar-refractivity contribution in [2.24, 2.45) is 20.8 Å². The molecule has 0 heterocycles. The Morgan fingerprint density at radius 3 is 2.30 bits per heavy atom. The molecular formula is C12H19N3O5. The Hall–Kier alpha value is -2.04. The van der Waals surface area contributed by atoms with E-state index in [4.69, 9.17) is 15.3 Å². The van der Waals surface area contributed by atoms with Crippen LogP contribution in [0.25, 0.3) is 0 Å². The number of aliphatic imine (C=N–C) groups is 2. The highest BCUT2D eigenvalue weighted by atomic mass is 16.9. The smallest absolute Gasteiger partial charge is 0.291 e. The molecule has 0 amide bonds. The van der Waals surface area contributed by atoms with Gasteiger partial charge in [-0.25, -0.2) is 19.6 Å². The lowest BCUT2D eigenvalue weighted by Crippen LogP contribution is -2.39. The summed E-state index contributed by atoms with van der Waals surface area (Å²) in [6, 6.07) is 0.00750. The van der Waals surface area contributed by atoms with Crippen LogP contribution in [0.3, 0.4) is 0 Å². The van der Waals surface area contributed by atoms with Gasteiger partial charge in [0, 0.05) is 0 Å². The fraction of sp³-hybridized carbons (Fsp3) is 0.833. The van der Waals surface area contributed by atoms with Gasteiger partial charge >= 0.3 is 0 Å². The van der Waals surface area contributed by atoms with Crippen molar-refractivity contribution in [3.63, 3.8) is 0 Å². The molecule has 0 aromatic heterocycles. The van der Waals surface area contributed by atoms with Crippen molar-refractivity contribution in [1.82, 2.24) is 0 Å². The predicted octanol–water partition coefficient (Wildman–Crippen LogP) is 1.90. The molecule has 1 fully saturated rings. The van der Waals surface area contributed by atoms with Gasteiger partial charge in [0.15, 0.2) is 0 Å². The summed E-state index contributed by atoms with van der Waals surface area (Å²) < 4.78 is 0. The van der Waals surface area contributed by atoms with Gasteiger partial charge in [-0.15, -0.1) is 10.1 Å². The highest BCUT2D eigenvalue weighted by Gasteiger charge is 2.41. The number of hydrogen-bond acceptors (Lipinski definition) is 6. The van der Waals surface area contributed by atoms with E-state index in [0.717, 1.165) is 19.3 Å². The van der Waals surface area contributed by atoms with Gasteiger partial charge in [0.25, 0.3) is 5.09 Å². The van der Waals surface area contributed by atoms with Gasteiger partial charge < -0.3 is 5.21 Å². The molecule has 112 valence electrons. The van der Waals surface area contributed by atoms with E-state index in [0.29, 0.717) is 6.54 Å². The lowest BCUT2D eigenvalue weighted by atomic mass is 9.63. The first-order valence-corrected chi connectivity index (χ1v) is 6.08. The monoisotopic (exact) mass is 285 g/mol. The summed E-state index contributed by atoms with van der Waals surface area (Å²) in [6.45, 7) is 6.86. The average Bonchev–Trinajstić information content (AvgIpc) is 2.23. The maximum atomic E-state index is 10.3. The minimum absolute atomic E-state index is 0.00750. The average molecular weight is 285 g/mol. The van der Waals surface area contributed by atoms with E-state index in [1.165, 1.54) is 0 Å². The summed E-state index contributed by atoms with van der Waals surface area (Å²) in [7, 11) is 0. The van der Waals surface area contributed by atoms with Gasteiger partial charge in [0.1, 0.15) is 0 Å². The quantitative estimate of drug-likeness (QED) is 0.367. The molecule has 2 atom stereocenters. The largest absolute Gasteiger partial charge is 0.328 e. The van der Waals surface area contributed by atoms with E-state index in [1.54, 1.807) is 12.2 Å². The summed E-state index contributed by atoms with van der Waals surface area (Å²) in [5, 5.41) is 13.6. The van der Waals surface area contributed by atoms with Crippen LogP contribution >= 0.6 is 0 Å². The van der Waals surface area contributed by atoms with Crippen LogP contribution in [0.15, 0.2) is 9.98 Å². The van der Waals surface area contributed by atoms with Crippen molar-refractivity contribution >= 4 is 12.2 Å². The molecule has 2 unspecified atom stereocenters. The zero-order chi connectivity index (χ0) is 15.8. The number of nitrogens with zero attached hydrogens (tertiary/aromatic N) is 3. The highest BCUT2D eigenvalue weighted by Crippen LogP contribution is 2.47. The van der Waals surface area contributed by atoms with Crippen LogP contribution in [0.2, 0.25) is 0 Å². The molecule has 0 aromatic carbocycles. The summed E-state index contributed by atoms with van der Waals surface area (Å²) in [5.41, 5.74) is 0.0561. The van der Waals surface area contributed by atoms with E-state index in [1.807, 2.05) is 0 Å². The molecule has 8 nitrogen and oxygen atoms in total. The minimum atomic E-state index is -1.50. The Labute approximate surface area is 116 Å². The Morgan fingerprint density at radius 1 is 1.30 bits per heavy atom.